The Hall–Kier alpha value is -0.430. The number of hydrogen-bond acceptors (Lipinski definition) is 4. The highest BCUT2D eigenvalue weighted by molar-refractivity contribution is 9.10. The molecule has 1 fully saturated rings. The van der Waals surface area contributed by atoms with Crippen molar-refractivity contribution in [1.29, 1.82) is 0 Å². The molecule has 120 valence electrons. The molecule has 1 saturated carbocycles. The van der Waals surface area contributed by atoms with E-state index in [1.807, 2.05) is 20.4 Å². The number of nitrogens with zero attached hydrogens (tertiary/aromatic N) is 3. The molecule has 1 unspecified atom stereocenters. The van der Waals surface area contributed by atoms with Crippen LogP contribution in [0.15, 0.2) is 10.7 Å². The lowest BCUT2D eigenvalue weighted by atomic mass is 9.75. The molecule has 1 N–H and O–H groups in total. The van der Waals surface area contributed by atoms with Crippen LogP contribution in [0.25, 0.3) is 0 Å². The molecular formula is C15H27BrN4O. The van der Waals surface area contributed by atoms with Crippen LogP contribution in [0.1, 0.15) is 37.4 Å². The summed E-state index contributed by atoms with van der Waals surface area (Å²) >= 11 is 3.66. The third-order valence-electron chi connectivity index (χ3n) is 4.54. The molecule has 0 bridgehead atoms. The Labute approximate surface area is 136 Å². The fraction of sp³-hybridized carbons (Fsp3) is 0.800. The van der Waals surface area contributed by atoms with Crippen molar-refractivity contribution in [1.82, 2.24) is 20.0 Å². The second-order valence-corrected chi connectivity index (χ2v) is 7.04. The maximum atomic E-state index is 5.79. The first-order valence-corrected chi connectivity index (χ1v) is 8.39. The van der Waals surface area contributed by atoms with Gasteiger partial charge in [0.1, 0.15) is 0 Å². The van der Waals surface area contributed by atoms with Gasteiger partial charge in [0, 0.05) is 13.7 Å². The van der Waals surface area contributed by atoms with Crippen LogP contribution >= 0.6 is 15.9 Å². The third-order valence-corrected chi connectivity index (χ3v) is 5.16. The second kappa shape index (κ2) is 7.22. The van der Waals surface area contributed by atoms with Crippen molar-refractivity contribution >= 4 is 15.9 Å². The molecule has 1 aromatic heterocycles. The number of ether oxygens (including phenoxy) is 1. The first-order valence-electron chi connectivity index (χ1n) is 7.59. The third kappa shape index (κ3) is 3.86. The van der Waals surface area contributed by atoms with E-state index in [-0.39, 0.29) is 11.6 Å². The normalized spacial score (nSPS) is 18.8. The van der Waals surface area contributed by atoms with Crippen LogP contribution < -0.4 is 5.32 Å². The summed E-state index contributed by atoms with van der Waals surface area (Å²) in [4.78, 5) is 2.18. The molecule has 0 radical (unpaired) electrons. The fourth-order valence-electron chi connectivity index (χ4n) is 2.96. The quantitative estimate of drug-likeness (QED) is 0.774. The van der Waals surface area contributed by atoms with Crippen molar-refractivity contribution in [2.45, 2.75) is 43.9 Å². The molecule has 21 heavy (non-hydrogen) atoms. The highest BCUT2D eigenvalue weighted by Crippen LogP contribution is 2.42. The van der Waals surface area contributed by atoms with E-state index in [1.54, 1.807) is 0 Å². The summed E-state index contributed by atoms with van der Waals surface area (Å²) in [5.74, 6) is 0. The van der Waals surface area contributed by atoms with E-state index in [0.29, 0.717) is 0 Å². The van der Waals surface area contributed by atoms with Gasteiger partial charge in [-0.3, -0.25) is 4.68 Å². The summed E-state index contributed by atoms with van der Waals surface area (Å²) in [5.41, 5.74) is 1.27. The first kappa shape index (κ1) is 16.9. The molecule has 0 amide bonds. The van der Waals surface area contributed by atoms with E-state index in [4.69, 9.17) is 4.74 Å². The highest BCUT2D eigenvalue weighted by Gasteiger charge is 2.40. The zero-order valence-corrected chi connectivity index (χ0v) is 15.1. The number of halogens is 1. The molecule has 1 heterocycles. The number of likely N-dealkylation sites (N-methyl/N-ethyl adjacent to an activating group) is 1. The molecule has 1 atom stereocenters. The Morgan fingerprint density at radius 3 is 2.71 bits per heavy atom. The zero-order chi connectivity index (χ0) is 15.5. The van der Waals surface area contributed by atoms with Gasteiger partial charge in [-0.1, -0.05) is 0 Å². The van der Waals surface area contributed by atoms with Gasteiger partial charge in [0.05, 0.1) is 34.6 Å². The molecule has 1 aliphatic rings. The van der Waals surface area contributed by atoms with Crippen molar-refractivity contribution in [3.63, 3.8) is 0 Å². The molecule has 1 aromatic rings. The number of rotatable bonds is 8. The minimum Gasteiger partial charge on any atom is -0.378 e. The Bertz CT molecular complexity index is 451. The molecule has 5 nitrogen and oxygen atoms in total. The topological polar surface area (TPSA) is 42.3 Å². The Kier molecular flexibility index (Phi) is 5.82. The number of methoxy groups -OCH3 is 1. The lowest BCUT2D eigenvalue weighted by Crippen LogP contribution is -2.43. The smallest absolute Gasteiger partial charge is 0.0697 e. The van der Waals surface area contributed by atoms with E-state index >= 15 is 0 Å². The van der Waals surface area contributed by atoms with Crippen LogP contribution in [-0.4, -0.2) is 55.1 Å². The largest absolute Gasteiger partial charge is 0.378 e. The standard InChI is InChI=1S/C15H27BrN4O/c1-17-13(10-15(21-4)6-5-7-15)14-12(16)11-18-20(14)9-8-19(2)3/h11,13,17H,5-10H2,1-4H3. The van der Waals surface area contributed by atoms with E-state index in [1.165, 1.54) is 12.1 Å². The summed E-state index contributed by atoms with van der Waals surface area (Å²) in [6, 6.07) is 0.254. The van der Waals surface area contributed by atoms with E-state index in [2.05, 4.69) is 50.0 Å². The van der Waals surface area contributed by atoms with Crippen molar-refractivity contribution in [3.05, 3.63) is 16.4 Å². The highest BCUT2D eigenvalue weighted by atomic mass is 79.9. The van der Waals surface area contributed by atoms with Crippen molar-refractivity contribution < 1.29 is 4.74 Å². The number of hydrogen-bond donors (Lipinski definition) is 1. The van der Waals surface area contributed by atoms with Crippen LogP contribution in [-0.2, 0) is 11.3 Å². The van der Waals surface area contributed by atoms with E-state index in [0.717, 1.165) is 36.8 Å². The lowest BCUT2D eigenvalue weighted by Gasteiger charge is -2.42. The van der Waals surface area contributed by atoms with Crippen molar-refractivity contribution in [3.8, 4) is 0 Å². The monoisotopic (exact) mass is 358 g/mol. The molecule has 0 aliphatic heterocycles. The van der Waals surface area contributed by atoms with Crippen LogP contribution in [0.4, 0.5) is 0 Å². The van der Waals surface area contributed by atoms with Crippen molar-refractivity contribution in [2.75, 3.05) is 34.8 Å². The minimum absolute atomic E-state index is 0.0454. The Balaban J connectivity index is 2.15. The molecular weight excluding hydrogens is 332 g/mol. The van der Waals surface area contributed by atoms with Gasteiger partial charge >= 0.3 is 0 Å². The minimum atomic E-state index is 0.0454. The number of nitrogens with one attached hydrogen (secondary N) is 1. The SMILES string of the molecule is CNC(CC1(OC)CCC1)c1c(Br)cnn1CCN(C)C. The predicted molar refractivity (Wildman–Crippen MR) is 88.5 cm³/mol. The number of aromatic nitrogens is 2. The van der Waals surface area contributed by atoms with Gasteiger partial charge in [0.25, 0.3) is 0 Å². The van der Waals surface area contributed by atoms with Gasteiger partial charge in [-0.25, -0.2) is 0 Å². The van der Waals surface area contributed by atoms with Gasteiger partial charge in [-0.05, 0) is 62.8 Å². The summed E-state index contributed by atoms with van der Waals surface area (Å²) in [6.07, 6.45) is 6.48. The van der Waals surface area contributed by atoms with E-state index < -0.39 is 0 Å². The second-order valence-electron chi connectivity index (χ2n) is 6.19. The van der Waals surface area contributed by atoms with Crippen molar-refractivity contribution in [2.24, 2.45) is 0 Å². The summed E-state index contributed by atoms with van der Waals surface area (Å²) in [7, 11) is 8.02. The van der Waals surface area contributed by atoms with Gasteiger partial charge < -0.3 is 15.0 Å². The van der Waals surface area contributed by atoms with Crippen LogP contribution in [0, 0.1) is 0 Å². The molecule has 0 saturated heterocycles. The average molecular weight is 359 g/mol. The van der Waals surface area contributed by atoms with Gasteiger partial charge in [0.2, 0.25) is 0 Å². The Morgan fingerprint density at radius 2 is 2.24 bits per heavy atom. The first-order chi connectivity index (χ1) is 10.0. The van der Waals surface area contributed by atoms with Crippen LogP contribution in [0.2, 0.25) is 0 Å². The van der Waals surface area contributed by atoms with E-state index in [9.17, 15) is 0 Å². The fourth-order valence-corrected chi connectivity index (χ4v) is 3.53. The van der Waals surface area contributed by atoms with Gasteiger partial charge in [-0.15, -0.1) is 0 Å². The Morgan fingerprint density at radius 1 is 1.52 bits per heavy atom. The average Bonchev–Trinajstić information content (AvgIpc) is 2.78. The predicted octanol–water partition coefficient (Wildman–Crippen LogP) is 2.43. The van der Waals surface area contributed by atoms with Gasteiger partial charge in [0.15, 0.2) is 0 Å². The van der Waals surface area contributed by atoms with Crippen LogP contribution in [0.3, 0.4) is 0 Å². The molecule has 0 spiro atoms. The maximum Gasteiger partial charge on any atom is 0.0697 e. The zero-order valence-electron chi connectivity index (χ0n) is 13.5. The molecule has 0 aromatic carbocycles. The molecule has 1 aliphatic carbocycles. The summed E-state index contributed by atoms with van der Waals surface area (Å²) in [6.45, 7) is 1.87. The summed E-state index contributed by atoms with van der Waals surface area (Å²) in [5, 5.41) is 7.97. The summed E-state index contributed by atoms with van der Waals surface area (Å²) < 4.78 is 8.97. The van der Waals surface area contributed by atoms with Gasteiger partial charge in [-0.2, -0.15) is 5.10 Å². The lowest BCUT2D eigenvalue weighted by molar-refractivity contribution is -0.0839. The van der Waals surface area contributed by atoms with Crippen LogP contribution in [0.5, 0.6) is 0 Å². The maximum absolute atomic E-state index is 5.79. The molecule has 6 heteroatoms. The molecule has 2 rings (SSSR count).